The molecule has 0 bridgehead atoms. The van der Waals surface area contributed by atoms with Gasteiger partial charge >= 0.3 is 0 Å². The van der Waals surface area contributed by atoms with Gasteiger partial charge in [-0.05, 0) is 45.3 Å². The maximum Gasteiger partial charge on any atom is 0.118 e. The molecule has 0 saturated heterocycles. The number of nitrogens with zero attached hydrogens (tertiary/aromatic N) is 1. The largest absolute Gasteiger partial charge is 0.497 e. The van der Waals surface area contributed by atoms with Crippen molar-refractivity contribution in [2.24, 2.45) is 0 Å². The highest BCUT2D eigenvalue weighted by Crippen LogP contribution is 2.28. The van der Waals surface area contributed by atoms with E-state index in [1.165, 1.54) is 0 Å². The number of pyridine rings is 1. The second-order valence-corrected chi connectivity index (χ2v) is 3.94. The molecule has 0 N–H and O–H groups in total. The maximum atomic E-state index is 5.11. The molecule has 1 aromatic heterocycles. The number of hydrogen-bond acceptors (Lipinski definition) is 2. The van der Waals surface area contributed by atoms with Gasteiger partial charge in [-0.3, -0.25) is 4.98 Å². The van der Waals surface area contributed by atoms with Gasteiger partial charge in [0.25, 0.3) is 0 Å². The summed E-state index contributed by atoms with van der Waals surface area (Å²) < 4.78 is 6.11. The summed E-state index contributed by atoms with van der Waals surface area (Å²) in [7, 11) is 1.66. The molecule has 2 rings (SSSR count). The number of benzene rings is 1. The highest BCUT2D eigenvalue weighted by atomic mass is 79.9. The molecular weight excluding hydrogens is 254 g/mol. The summed E-state index contributed by atoms with van der Waals surface area (Å²) in [6.45, 7) is 0. The first-order valence-corrected chi connectivity index (χ1v) is 5.34. The summed E-state index contributed by atoms with van der Waals surface area (Å²) in [5.41, 5.74) is 2.28. The van der Waals surface area contributed by atoms with Crippen LogP contribution >= 0.6 is 15.9 Å². The standard InChI is InChI=1S/C12H10BrNO/c1-15-10-4-2-9(3-5-10)11-6-7-14-8-12(11)13/h2-8H,1H3. The van der Waals surface area contributed by atoms with Crippen molar-refractivity contribution < 1.29 is 4.74 Å². The number of aromatic nitrogens is 1. The molecule has 0 aliphatic heterocycles. The third-order valence-electron chi connectivity index (χ3n) is 2.17. The van der Waals surface area contributed by atoms with E-state index in [1.54, 1.807) is 19.5 Å². The van der Waals surface area contributed by atoms with E-state index >= 15 is 0 Å². The molecule has 1 aromatic carbocycles. The fourth-order valence-corrected chi connectivity index (χ4v) is 1.86. The molecule has 0 radical (unpaired) electrons. The van der Waals surface area contributed by atoms with E-state index in [2.05, 4.69) is 20.9 Å². The Kier molecular flexibility index (Phi) is 3.02. The van der Waals surface area contributed by atoms with Gasteiger partial charge in [-0.2, -0.15) is 0 Å². The third kappa shape index (κ3) is 2.18. The Balaban J connectivity index is 2.42. The molecule has 15 heavy (non-hydrogen) atoms. The van der Waals surface area contributed by atoms with Crippen molar-refractivity contribution in [3.8, 4) is 16.9 Å². The number of halogens is 1. The molecule has 0 fully saturated rings. The van der Waals surface area contributed by atoms with Gasteiger partial charge in [0.15, 0.2) is 0 Å². The fraction of sp³-hybridized carbons (Fsp3) is 0.0833. The monoisotopic (exact) mass is 263 g/mol. The van der Waals surface area contributed by atoms with E-state index in [0.717, 1.165) is 21.3 Å². The van der Waals surface area contributed by atoms with Gasteiger partial charge in [0.1, 0.15) is 5.75 Å². The van der Waals surface area contributed by atoms with Crippen molar-refractivity contribution in [3.63, 3.8) is 0 Å². The average molecular weight is 264 g/mol. The fourth-order valence-electron chi connectivity index (χ4n) is 1.38. The van der Waals surface area contributed by atoms with Crippen molar-refractivity contribution in [1.82, 2.24) is 4.98 Å². The van der Waals surface area contributed by atoms with Crippen LogP contribution in [0.5, 0.6) is 5.75 Å². The lowest BCUT2D eigenvalue weighted by atomic mass is 10.1. The Morgan fingerprint density at radius 2 is 1.87 bits per heavy atom. The first-order valence-electron chi connectivity index (χ1n) is 4.55. The second kappa shape index (κ2) is 4.45. The van der Waals surface area contributed by atoms with Gasteiger partial charge < -0.3 is 4.74 Å². The highest BCUT2D eigenvalue weighted by Gasteiger charge is 2.02. The molecule has 2 aromatic rings. The van der Waals surface area contributed by atoms with E-state index in [4.69, 9.17) is 4.74 Å². The Hall–Kier alpha value is -1.35. The zero-order valence-electron chi connectivity index (χ0n) is 8.27. The Bertz CT molecular complexity index is 453. The van der Waals surface area contributed by atoms with Crippen LogP contribution in [-0.2, 0) is 0 Å². The summed E-state index contributed by atoms with van der Waals surface area (Å²) in [6.07, 6.45) is 3.57. The number of ether oxygens (including phenoxy) is 1. The topological polar surface area (TPSA) is 22.1 Å². The van der Waals surface area contributed by atoms with E-state index in [9.17, 15) is 0 Å². The van der Waals surface area contributed by atoms with Gasteiger partial charge in [0, 0.05) is 16.9 Å². The molecule has 76 valence electrons. The molecule has 0 saturated carbocycles. The van der Waals surface area contributed by atoms with Gasteiger partial charge in [0.05, 0.1) is 7.11 Å². The highest BCUT2D eigenvalue weighted by molar-refractivity contribution is 9.10. The van der Waals surface area contributed by atoms with Crippen LogP contribution in [0.1, 0.15) is 0 Å². The lowest BCUT2D eigenvalue weighted by Gasteiger charge is -2.05. The van der Waals surface area contributed by atoms with Gasteiger partial charge in [-0.1, -0.05) is 12.1 Å². The maximum absolute atomic E-state index is 5.11. The normalized spacial score (nSPS) is 10.0. The molecule has 0 atom stereocenters. The van der Waals surface area contributed by atoms with Gasteiger partial charge in [0.2, 0.25) is 0 Å². The first-order chi connectivity index (χ1) is 7.31. The summed E-state index contributed by atoms with van der Waals surface area (Å²) in [4.78, 5) is 4.03. The molecule has 3 heteroatoms. The van der Waals surface area contributed by atoms with Crippen LogP contribution in [0.3, 0.4) is 0 Å². The first kappa shape index (κ1) is 10.2. The number of hydrogen-bond donors (Lipinski definition) is 0. The van der Waals surface area contributed by atoms with E-state index in [-0.39, 0.29) is 0 Å². The van der Waals surface area contributed by atoms with Crippen molar-refractivity contribution in [2.45, 2.75) is 0 Å². The minimum absolute atomic E-state index is 0.865. The molecule has 1 heterocycles. The average Bonchev–Trinajstić information content (AvgIpc) is 2.30. The molecule has 0 unspecified atom stereocenters. The van der Waals surface area contributed by atoms with Crippen LogP contribution in [0, 0.1) is 0 Å². The van der Waals surface area contributed by atoms with E-state index in [1.807, 2.05) is 30.3 Å². The lowest BCUT2D eigenvalue weighted by Crippen LogP contribution is -1.84. The van der Waals surface area contributed by atoms with E-state index < -0.39 is 0 Å². The minimum atomic E-state index is 0.865. The summed E-state index contributed by atoms with van der Waals surface area (Å²) in [6, 6.07) is 9.92. The van der Waals surface area contributed by atoms with Crippen LogP contribution in [-0.4, -0.2) is 12.1 Å². The SMILES string of the molecule is COc1ccc(-c2ccncc2Br)cc1. The predicted octanol–water partition coefficient (Wildman–Crippen LogP) is 3.52. The molecule has 0 aliphatic carbocycles. The molecule has 0 spiro atoms. The van der Waals surface area contributed by atoms with Crippen molar-refractivity contribution >= 4 is 15.9 Å². The minimum Gasteiger partial charge on any atom is -0.497 e. The molecule has 2 nitrogen and oxygen atoms in total. The zero-order chi connectivity index (χ0) is 10.7. The third-order valence-corrected chi connectivity index (χ3v) is 2.81. The second-order valence-electron chi connectivity index (χ2n) is 3.08. The van der Waals surface area contributed by atoms with Crippen molar-refractivity contribution in [1.29, 1.82) is 0 Å². The van der Waals surface area contributed by atoms with Crippen molar-refractivity contribution in [2.75, 3.05) is 7.11 Å². The summed E-state index contributed by atoms with van der Waals surface area (Å²) in [5, 5.41) is 0. The van der Waals surface area contributed by atoms with Crippen LogP contribution in [0.2, 0.25) is 0 Å². The molecule has 0 aliphatic rings. The van der Waals surface area contributed by atoms with Crippen LogP contribution in [0.4, 0.5) is 0 Å². The van der Waals surface area contributed by atoms with Crippen LogP contribution < -0.4 is 4.74 Å². The van der Waals surface area contributed by atoms with Crippen LogP contribution in [0.15, 0.2) is 47.2 Å². The Morgan fingerprint density at radius 3 is 2.47 bits per heavy atom. The quantitative estimate of drug-likeness (QED) is 0.827. The smallest absolute Gasteiger partial charge is 0.118 e. The zero-order valence-corrected chi connectivity index (χ0v) is 9.86. The summed E-state index contributed by atoms with van der Waals surface area (Å²) in [5.74, 6) is 0.865. The van der Waals surface area contributed by atoms with Gasteiger partial charge in [-0.25, -0.2) is 0 Å². The number of rotatable bonds is 2. The predicted molar refractivity (Wildman–Crippen MR) is 63.9 cm³/mol. The lowest BCUT2D eigenvalue weighted by molar-refractivity contribution is 0.415. The van der Waals surface area contributed by atoms with Crippen LogP contribution in [0.25, 0.3) is 11.1 Å². The number of methoxy groups -OCH3 is 1. The summed E-state index contributed by atoms with van der Waals surface area (Å²) >= 11 is 3.47. The molecular formula is C12H10BrNO. The van der Waals surface area contributed by atoms with E-state index in [0.29, 0.717) is 0 Å². The molecule has 0 amide bonds. The van der Waals surface area contributed by atoms with Crippen molar-refractivity contribution in [3.05, 3.63) is 47.2 Å². The Morgan fingerprint density at radius 1 is 1.13 bits per heavy atom. The van der Waals surface area contributed by atoms with Gasteiger partial charge in [-0.15, -0.1) is 0 Å². The Labute approximate surface area is 97.1 Å².